The van der Waals surface area contributed by atoms with Crippen LogP contribution >= 0.6 is 11.6 Å². The molecular formula is C30H19ClN2O3. The molecule has 0 aliphatic heterocycles. The molecule has 1 N–H and O–H groups in total. The van der Waals surface area contributed by atoms with Crippen molar-refractivity contribution in [3.63, 3.8) is 0 Å². The van der Waals surface area contributed by atoms with Gasteiger partial charge in [-0.05, 0) is 53.9 Å². The van der Waals surface area contributed by atoms with Crippen molar-refractivity contribution in [2.75, 3.05) is 5.32 Å². The summed E-state index contributed by atoms with van der Waals surface area (Å²) in [5, 5.41) is 5.44. The average Bonchev–Trinajstić information content (AvgIpc) is 3.55. The molecule has 36 heavy (non-hydrogen) atoms. The van der Waals surface area contributed by atoms with Crippen molar-refractivity contribution in [2.24, 2.45) is 0 Å². The normalized spacial score (nSPS) is 11.5. The Morgan fingerprint density at radius 3 is 2.56 bits per heavy atom. The molecule has 1 amide bonds. The molecule has 2 aromatic heterocycles. The van der Waals surface area contributed by atoms with E-state index >= 15 is 0 Å². The molecule has 4 aromatic carbocycles. The topological polar surface area (TPSA) is 68.3 Å². The van der Waals surface area contributed by atoms with Crippen LogP contribution in [-0.2, 0) is 4.79 Å². The largest absolute Gasteiger partial charge is 0.457 e. The fourth-order valence-electron chi connectivity index (χ4n) is 4.12. The molecule has 6 rings (SSSR count). The van der Waals surface area contributed by atoms with Crippen LogP contribution in [0.25, 0.3) is 50.7 Å². The number of oxazole rings is 1. The Morgan fingerprint density at radius 1 is 0.833 bits per heavy atom. The van der Waals surface area contributed by atoms with Crippen LogP contribution in [0.5, 0.6) is 0 Å². The molecule has 0 bridgehead atoms. The third-order valence-electron chi connectivity index (χ3n) is 5.84. The van der Waals surface area contributed by atoms with Gasteiger partial charge in [-0.3, -0.25) is 4.79 Å². The highest BCUT2D eigenvalue weighted by Crippen LogP contribution is 2.34. The van der Waals surface area contributed by atoms with E-state index in [0.29, 0.717) is 33.5 Å². The maximum atomic E-state index is 12.5. The molecule has 0 saturated heterocycles. The molecule has 0 atom stereocenters. The number of fused-ring (bicyclic) bond motifs is 2. The van der Waals surface area contributed by atoms with Crippen LogP contribution in [0.4, 0.5) is 5.69 Å². The molecule has 6 aromatic rings. The first-order valence-electron chi connectivity index (χ1n) is 11.4. The zero-order valence-electron chi connectivity index (χ0n) is 18.9. The molecule has 0 radical (unpaired) electrons. The van der Waals surface area contributed by atoms with Crippen LogP contribution in [0.2, 0.25) is 5.02 Å². The first-order valence-corrected chi connectivity index (χ1v) is 11.7. The van der Waals surface area contributed by atoms with E-state index in [1.54, 1.807) is 24.3 Å². The Bertz CT molecular complexity index is 1750. The lowest BCUT2D eigenvalue weighted by Gasteiger charge is -2.04. The Balaban J connectivity index is 1.21. The van der Waals surface area contributed by atoms with Crippen molar-refractivity contribution in [2.45, 2.75) is 0 Å². The smallest absolute Gasteiger partial charge is 0.248 e. The van der Waals surface area contributed by atoms with Gasteiger partial charge in [0.1, 0.15) is 17.0 Å². The van der Waals surface area contributed by atoms with Crippen molar-refractivity contribution in [3.05, 3.63) is 114 Å². The van der Waals surface area contributed by atoms with E-state index < -0.39 is 0 Å². The zero-order chi connectivity index (χ0) is 24.5. The molecule has 0 saturated carbocycles. The zero-order valence-corrected chi connectivity index (χ0v) is 19.7. The molecule has 5 nitrogen and oxygen atoms in total. The monoisotopic (exact) mass is 490 g/mol. The van der Waals surface area contributed by atoms with Crippen molar-refractivity contribution in [1.29, 1.82) is 0 Å². The number of hydrogen-bond donors (Lipinski definition) is 1. The number of carbonyl (C=O) groups is 1. The van der Waals surface area contributed by atoms with E-state index in [1.807, 2.05) is 78.9 Å². The second-order valence-corrected chi connectivity index (χ2v) is 8.64. The second-order valence-electron chi connectivity index (χ2n) is 8.23. The second kappa shape index (κ2) is 9.21. The maximum Gasteiger partial charge on any atom is 0.248 e. The van der Waals surface area contributed by atoms with Gasteiger partial charge >= 0.3 is 0 Å². The summed E-state index contributed by atoms with van der Waals surface area (Å²) in [6, 6.07) is 30.5. The maximum absolute atomic E-state index is 12.5. The Labute approximate surface area is 211 Å². The van der Waals surface area contributed by atoms with Crippen molar-refractivity contribution in [1.82, 2.24) is 4.98 Å². The third kappa shape index (κ3) is 4.28. The van der Waals surface area contributed by atoms with E-state index in [2.05, 4.69) is 10.3 Å². The van der Waals surface area contributed by atoms with Gasteiger partial charge in [-0.2, -0.15) is 0 Å². The van der Waals surface area contributed by atoms with Crippen LogP contribution in [0, 0.1) is 0 Å². The number of nitrogens with one attached hydrogen (secondary N) is 1. The quantitative estimate of drug-likeness (QED) is 0.247. The van der Waals surface area contributed by atoms with Crippen LogP contribution < -0.4 is 5.32 Å². The first-order chi connectivity index (χ1) is 17.6. The standard InChI is InChI=1S/C30H19ClN2O3/c31-25-11-5-8-22-23(25)9-4-10-24(22)30-33-26-18-20(12-15-28(26)36-30)32-29(34)17-14-21-13-16-27(35-21)19-6-2-1-3-7-19/h1-18H,(H,32,34)/b17-14+. The number of carbonyl (C=O) groups excluding carboxylic acids is 1. The van der Waals surface area contributed by atoms with E-state index in [4.69, 9.17) is 20.4 Å². The van der Waals surface area contributed by atoms with Crippen molar-refractivity contribution in [3.8, 4) is 22.8 Å². The highest BCUT2D eigenvalue weighted by atomic mass is 35.5. The van der Waals surface area contributed by atoms with E-state index in [-0.39, 0.29) is 5.91 Å². The van der Waals surface area contributed by atoms with Crippen molar-refractivity contribution < 1.29 is 13.6 Å². The average molecular weight is 491 g/mol. The summed E-state index contributed by atoms with van der Waals surface area (Å²) >= 11 is 6.36. The van der Waals surface area contributed by atoms with Gasteiger partial charge in [0.25, 0.3) is 0 Å². The summed E-state index contributed by atoms with van der Waals surface area (Å²) in [7, 11) is 0. The van der Waals surface area contributed by atoms with Gasteiger partial charge in [0.2, 0.25) is 11.8 Å². The van der Waals surface area contributed by atoms with E-state index in [0.717, 1.165) is 27.7 Å². The van der Waals surface area contributed by atoms with Crippen LogP contribution in [-0.4, -0.2) is 10.9 Å². The highest BCUT2D eigenvalue weighted by molar-refractivity contribution is 6.35. The van der Waals surface area contributed by atoms with Gasteiger partial charge in [-0.25, -0.2) is 4.98 Å². The number of aromatic nitrogens is 1. The summed E-state index contributed by atoms with van der Waals surface area (Å²) in [4.78, 5) is 17.2. The Morgan fingerprint density at radius 2 is 1.67 bits per heavy atom. The molecule has 174 valence electrons. The van der Waals surface area contributed by atoms with Gasteiger partial charge in [0.15, 0.2) is 5.58 Å². The predicted molar refractivity (Wildman–Crippen MR) is 144 cm³/mol. The van der Waals surface area contributed by atoms with Gasteiger partial charge in [-0.15, -0.1) is 0 Å². The minimum atomic E-state index is -0.278. The molecule has 0 unspecified atom stereocenters. The number of amides is 1. The van der Waals surface area contributed by atoms with E-state index in [1.165, 1.54) is 6.08 Å². The highest BCUT2D eigenvalue weighted by Gasteiger charge is 2.13. The molecule has 6 heteroatoms. The summed E-state index contributed by atoms with van der Waals surface area (Å²) in [6.45, 7) is 0. The van der Waals surface area contributed by atoms with Gasteiger partial charge < -0.3 is 14.2 Å². The summed E-state index contributed by atoms with van der Waals surface area (Å²) in [5.41, 5.74) is 3.72. The lowest BCUT2D eigenvalue weighted by atomic mass is 10.0. The minimum Gasteiger partial charge on any atom is -0.457 e. The fourth-order valence-corrected chi connectivity index (χ4v) is 4.36. The van der Waals surface area contributed by atoms with Gasteiger partial charge in [0, 0.05) is 33.3 Å². The van der Waals surface area contributed by atoms with E-state index in [9.17, 15) is 4.79 Å². The molecule has 0 aliphatic carbocycles. The third-order valence-corrected chi connectivity index (χ3v) is 6.17. The lowest BCUT2D eigenvalue weighted by molar-refractivity contribution is -0.111. The summed E-state index contributed by atoms with van der Waals surface area (Å²) in [5.74, 6) is 1.56. The number of hydrogen-bond acceptors (Lipinski definition) is 4. The molecule has 0 aliphatic rings. The molecule has 2 heterocycles. The summed E-state index contributed by atoms with van der Waals surface area (Å²) < 4.78 is 11.8. The lowest BCUT2D eigenvalue weighted by Crippen LogP contribution is -2.07. The minimum absolute atomic E-state index is 0.278. The number of nitrogens with zero attached hydrogens (tertiary/aromatic N) is 1. The molecular weight excluding hydrogens is 472 g/mol. The Hall–Kier alpha value is -4.61. The molecule has 0 fully saturated rings. The van der Waals surface area contributed by atoms with Gasteiger partial charge in [0.05, 0.1) is 0 Å². The van der Waals surface area contributed by atoms with Gasteiger partial charge in [-0.1, -0.05) is 66.2 Å². The van der Waals surface area contributed by atoms with Crippen LogP contribution in [0.3, 0.4) is 0 Å². The SMILES string of the molecule is O=C(/C=C/c1ccc(-c2ccccc2)o1)Nc1ccc2oc(-c3cccc4c(Cl)cccc34)nc2c1. The first kappa shape index (κ1) is 21.9. The number of benzene rings is 4. The number of anilines is 1. The summed E-state index contributed by atoms with van der Waals surface area (Å²) in [6.07, 6.45) is 3.08. The Kier molecular flexibility index (Phi) is 5.60. The predicted octanol–water partition coefficient (Wildman–Crippen LogP) is 8.21. The fraction of sp³-hybridized carbons (Fsp3) is 0. The number of halogens is 1. The number of furan rings is 1. The van der Waals surface area contributed by atoms with Crippen LogP contribution in [0.1, 0.15) is 5.76 Å². The van der Waals surface area contributed by atoms with Crippen LogP contribution in [0.15, 0.2) is 112 Å². The van der Waals surface area contributed by atoms with Crippen molar-refractivity contribution >= 4 is 51.1 Å². The number of rotatable bonds is 5. The molecule has 0 spiro atoms.